The van der Waals surface area contributed by atoms with E-state index in [1.54, 1.807) is 19.9 Å². The second-order valence-electron chi connectivity index (χ2n) is 8.48. The highest BCUT2D eigenvalue weighted by atomic mass is 79.9. The van der Waals surface area contributed by atoms with E-state index in [0.717, 1.165) is 21.9 Å². The summed E-state index contributed by atoms with van der Waals surface area (Å²) in [5, 5.41) is 0.693. The van der Waals surface area contributed by atoms with Gasteiger partial charge in [-0.1, -0.05) is 12.1 Å². The number of nitrogens with zero attached hydrogens (tertiary/aromatic N) is 2. The Labute approximate surface area is 226 Å². The average Bonchev–Trinajstić information content (AvgIpc) is 2.83. The molecule has 6 nitrogen and oxygen atoms in total. The number of aryl methyl sites for hydroxylation is 1. The fourth-order valence-electron chi connectivity index (χ4n) is 4.47. The smallest absolute Gasteiger partial charge is 0.281 e. The summed E-state index contributed by atoms with van der Waals surface area (Å²) in [5.74, 6) is -1.66. The number of hydrogen-bond donors (Lipinski definition) is 0. The lowest BCUT2D eigenvalue weighted by Crippen LogP contribution is -2.41. The van der Waals surface area contributed by atoms with Gasteiger partial charge < -0.3 is 0 Å². The number of carbonyl (C=O) groups is 4. The van der Waals surface area contributed by atoms with Crippen molar-refractivity contribution in [3.63, 3.8) is 0 Å². The molecule has 0 radical (unpaired) electrons. The molecule has 37 heavy (non-hydrogen) atoms. The molecule has 0 bridgehead atoms. The second-order valence-corrected chi connectivity index (χ2v) is 10.2. The van der Waals surface area contributed by atoms with Crippen molar-refractivity contribution in [3.05, 3.63) is 78.7 Å². The fourth-order valence-corrected chi connectivity index (χ4v) is 5.77. The topological polar surface area (TPSA) is 74.8 Å². The predicted octanol–water partition coefficient (Wildman–Crippen LogP) is 6.15. The third-order valence-electron chi connectivity index (χ3n) is 6.28. The highest BCUT2D eigenvalue weighted by Gasteiger charge is 2.37. The molecular weight excluding hydrogens is 621 g/mol. The maximum absolute atomic E-state index is 13.5. The summed E-state index contributed by atoms with van der Waals surface area (Å²) < 4.78 is 39.2. The van der Waals surface area contributed by atoms with E-state index >= 15 is 0 Å². The molecule has 0 saturated heterocycles. The van der Waals surface area contributed by atoms with E-state index in [2.05, 4.69) is 31.9 Å². The van der Waals surface area contributed by atoms with Gasteiger partial charge in [-0.3, -0.25) is 29.0 Å². The molecule has 0 unspecified atom stereocenters. The number of alkyl halides is 3. The summed E-state index contributed by atoms with van der Waals surface area (Å²) in [5.41, 5.74) is 0.940. The van der Waals surface area contributed by atoms with Crippen LogP contribution in [0.1, 0.15) is 54.7 Å². The summed E-state index contributed by atoms with van der Waals surface area (Å²) in [7, 11) is 0. The van der Waals surface area contributed by atoms with Crippen LogP contribution in [0.5, 0.6) is 0 Å². The number of hydrogen-bond acceptors (Lipinski definition) is 4. The molecule has 0 spiro atoms. The quantitative estimate of drug-likeness (QED) is 0.240. The number of carbonyl (C=O) groups excluding carboxylic acids is 4. The molecule has 1 heterocycles. The van der Waals surface area contributed by atoms with Gasteiger partial charge in [-0.15, -0.1) is 0 Å². The Balaban J connectivity index is 1.75. The van der Waals surface area contributed by atoms with Crippen LogP contribution in [0.3, 0.4) is 0 Å². The third-order valence-corrected chi connectivity index (χ3v) is 7.53. The first-order chi connectivity index (χ1) is 17.4. The molecule has 0 aliphatic carbocycles. The van der Waals surface area contributed by atoms with E-state index in [0.29, 0.717) is 37.3 Å². The summed E-state index contributed by atoms with van der Waals surface area (Å²) in [6.45, 7) is 3.49. The first-order valence-electron chi connectivity index (χ1n) is 11.1. The molecule has 1 aliphatic heterocycles. The van der Waals surface area contributed by atoms with Gasteiger partial charge in [0.15, 0.2) is 0 Å². The van der Waals surface area contributed by atoms with Gasteiger partial charge in [0.25, 0.3) is 17.7 Å². The Morgan fingerprint density at radius 1 is 1.00 bits per heavy atom. The number of imide groups is 2. The van der Waals surface area contributed by atoms with Crippen LogP contribution in [0.15, 0.2) is 45.3 Å². The van der Waals surface area contributed by atoms with E-state index in [-0.39, 0.29) is 36.2 Å². The highest BCUT2D eigenvalue weighted by molar-refractivity contribution is 9.11. The zero-order valence-electron chi connectivity index (χ0n) is 19.6. The van der Waals surface area contributed by atoms with Crippen molar-refractivity contribution in [1.82, 2.24) is 9.80 Å². The number of amides is 4. The summed E-state index contributed by atoms with van der Waals surface area (Å²) in [4.78, 5) is 53.8. The van der Waals surface area contributed by atoms with Crippen LogP contribution in [0.2, 0.25) is 0 Å². The second kappa shape index (κ2) is 10.0. The average molecular weight is 640 g/mol. The van der Waals surface area contributed by atoms with Crippen molar-refractivity contribution in [2.24, 2.45) is 0 Å². The minimum atomic E-state index is -4.46. The molecule has 0 aromatic heterocycles. The first kappa shape index (κ1) is 27.0. The lowest BCUT2D eigenvalue weighted by atomic mass is 9.88. The number of benzene rings is 3. The van der Waals surface area contributed by atoms with Crippen molar-refractivity contribution < 1.29 is 32.3 Å². The van der Waals surface area contributed by atoms with E-state index in [4.69, 9.17) is 0 Å². The van der Waals surface area contributed by atoms with E-state index < -0.39 is 29.5 Å². The highest BCUT2D eigenvalue weighted by Crippen LogP contribution is 2.42. The predicted molar refractivity (Wildman–Crippen MR) is 137 cm³/mol. The molecule has 0 fully saturated rings. The Hall–Kier alpha value is -3.05. The summed E-state index contributed by atoms with van der Waals surface area (Å²) in [6.07, 6.45) is -3.97. The van der Waals surface area contributed by atoms with Gasteiger partial charge >= 0.3 is 6.18 Å². The maximum atomic E-state index is 13.5. The lowest BCUT2D eigenvalue weighted by molar-refractivity contribution is -0.137. The molecule has 0 saturated carbocycles. The summed E-state index contributed by atoms with van der Waals surface area (Å²) in [6, 6.07) is 7.63. The van der Waals surface area contributed by atoms with Crippen molar-refractivity contribution in [1.29, 1.82) is 0 Å². The van der Waals surface area contributed by atoms with Crippen LogP contribution < -0.4 is 0 Å². The largest absolute Gasteiger partial charge is 0.416 e. The van der Waals surface area contributed by atoms with Gasteiger partial charge in [-0.2, -0.15) is 13.2 Å². The normalized spacial score (nSPS) is 13.3. The zero-order valence-corrected chi connectivity index (χ0v) is 22.8. The van der Waals surface area contributed by atoms with Gasteiger partial charge in [0.05, 0.1) is 16.7 Å². The van der Waals surface area contributed by atoms with Crippen LogP contribution >= 0.6 is 31.9 Å². The van der Waals surface area contributed by atoms with Crippen LogP contribution in [0, 0.1) is 6.92 Å². The number of rotatable bonds is 6. The SMILES string of the molecule is CCN1C(=O)c2c(Br)cc(C)c3c(C(=O)N(C=O)CCc4ccc(C(F)(F)F)cc4)cc(Br)c(c23)C1=O. The van der Waals surface area contributed by atoms with Crippen LogP contribution in [-0.2, 0) is 17.4 Å². The van der Waals surface area contributed by atoms with Crippen molar-refractivity contribution in [2.45, 2.75) is 26.4 Å². The van der Waals surface area contributed by atoms with Gasteiger partial charge in [0, 0.05) is 33.0 Å². The molecular formula is C26H19Br2F3N2O4. The molecule has 3 aromatic carbocycles. The molecule has 0 N–H and O–H groups in total. The monoisotopic (exact) mass is 638 g/mol. The van der Waals surface area contributed by atoms with Gasteiger partial charge in [0.2, 0.25) is 6.41 Å². The number of halogens is 5. The Bertz CT molecular complexity index is 1450. The Kier molecular flexibility index (Phi) is 7.31. The molecule has 4 rings (SSSR count). The van der Waals surface area contributed by atoms with E-state index in [1.807, 2.05) is 0 Å². The van der Waals surface area contributed by atoms with Crippen molar-refractivity contribution in [3.8, 4) is 0 Å². The lowest BCUT2D eigenvalue weighted by Gasteiger charge is -2.29. The van der Waals surface area contributed by atoms with Gasteiger partial charge in [0.1, 0.15) is 0 Å². The first-order valence-corrected chi connectivity index (χ1v) is 12.7. The van der Waals surface area contributed by atoms with Gasteiger partial charge in [-0.25, -0.2) is 0 Å². The zero-order chi connectivity index (χ0) is 27.2. The molecule has 11 heteroatoms. The standard InChI is InChI=1S/C26H19Br2F3N2O4/c1-3-33-24(36)20-17(27)10-13(2)19-16(11-18(28)21(22(19)20)25(33)37)23(35)32(12-34)9-8-14-4-6-15(7-5-14)26(29,30)31/h4-7,10-12H,3,8-9H2,1-2H3. The minimum absolute atomic E-state index is 0.0849. The molecule has 4 amide bonds. The van der Waals surface area contributed by atoms with Crippen LogP contribution in [0.4, 0.5) is 13.2 Å². The summed E-state index contributed by atoms with van der Waals surface area (Å²) >= 11 is 6.79. The molecule has 192 valence electrons. The molecule has 1 aliphatic rings. The fraction of sp³-hybridized carbons (Fsp3) is 0.231. The van der Waals surface area contributed by atoms with Crippen molar-refractivity contribution >= 4 is 66.8 Å². The van der Waals surface area contributed by atoms with Crippen LogP contribution in [-0.4, -0.2) is 47.0 Å². The Morgan fingerprint density at radius 2 is 1.57 bits per heavy atom. The third kappa shape index (κ3) is 4.70. The van der Waals surface area contributed by atoms with Crippen molar-refractivity contribution in [2.75, 3.05) is 13.1 Å². The maximum Gasteiger partial charge on any atom is 0.416 e. The molecule has 3 aromatic rings. The van der Waals surface area contributed by atoms with E-state index in [9.17, 15) is 32.3 Å². The van der Waals surface area contributed by atoms with Crippen LogP contribution in [0.25, 0.3) is 10.8 Å². The minimum Gasteiger partial charge on any atom is -0.281 e. The molecule has 0 atom stereocenters. The van der Waals surface area contributed by atoms with Gasteiger partial charge in [-0.05, 0) is 92.9 Å². The van der Waals surface area contributed by atoms with E-state index in [1.165, 1.54) is 18.2 Å². The Morgan fingerprint density at radius 3 is 2.08 bits per heavy atom.